The molecule has 0 saturated carbocycles. The van der Waals surface area contributed by atoms with Gasteiger partial charge < -0.3 is 4.74 Å². The number of ether oxygens (including phenoxy) is 1. The molecule has 7 heteroatoms. The number of esters is 1. The van der Waals surface area contributed by atoms with Crippen molar-refractivity contribution in [3.8, 4) is 0 Å². The van der Waals surface area contributed by atoms with Gasteiger partial charge in [-0.2, -0.15) is 0 Å². The van der Waals surface area contributed by atoms with E-state index >= 15 is 0 Å². The zero-order chi connectivity index (χ0) is 16.3. The van der Waals surface area contributed by atoms with E-state index in [2.05, 4.69) is 0 Å². The van der Waals surface area contributed by atoms with Crippen LogP contribution in [0.4, 0.5) is 10.1 Å². The monoisotopic (exact) mass is 323 g/mol. The van der Waals surface area contributed by atoms with Crippen LogP contribution in [0.5, 0.6) is 0 Å². The summed E-state index contributed by atoms with van der Waals surface area (Å²) < 4.78 is 18.1. The van der Waals surface area contributed by atoms with Gasteiger partial charge in [0.05, 0.1) is 10.5 Å². The van der Waals surface area contributed by atoms with Gasteiger partial charge in [-0.25, -0.2) is 9.18 Å². The third-order valence-electron chi connectivity index (χ3n) is 3.07. The molecule has 0 fully saturated rings. The molecule has 0 heterocycles. The fraction of sp³-hybridized carbons (Fsp3) is 0.133. The molecule has 0 bridgehead atoms. The average Bonchev–Trinajstić information content (AvgIpc) is 2.47. The van der Waals surface area contributed by atoms with Crippen LogP contribution in [0.25, 0.3) is 0 Å². The maximum atomic E-state index is 13.0. The van der Waals surface area contributed by atoms with Crippen LogP contribution in [0.1, 0.15) is 21.5 Å². The number of benzene rings is 2. The minimum Gasteiger partial charge on any atom is -0.457 e. The summed E-state index contributed by atoms with van der Waals surface area (Å²) in [5.74, 6) is -1.27. The number of carbonyl (C=O) groups excluding carboxylic acids is 1. The van der Waals surface area contributed by atoms with Crippen molar-refractivity contribution in [2.75, 3.05) is 0 Å². The molecule has 0 atom stereocenters. The van der Waals surface area contributed by atoms with E-state index in [0.29, 0.717) is 11.1 Å². The number of carbonyl (C=O) groups is 1. The lowest BCUT2D eigenvalue weighted by molar-refractivity contribution is -0.385. The Morgan fingerprint density at radius 1 is 1.36 bits per heavy atom. The summed E-state index contributed by atoms with van der Waals surface area (Å²) in [6, 6.07) is 7.79. The van der Waals surface area contributed by atoms with Crippen LogP contribution >= 0.6 is 11.6 Å². The van der Waals surface area contributed by atoms with Crippen LogP contribution in [0.15, 0.2) is 36.4 Å². The van der Waals surface area contributed by atoms with Crippen molar-refractivity contribution in [2.45, 2.75) is 13.5 Å². The molecule has 0 spiro atoms. The minimum absolute atomic E-state index is 0.0641. The van der Waals surface area contributed by atoms with Crippen molar-refractivity contribution in [1.29, 1.82) is 0 Å². The first kappa shape index (κ1) is 15.9. The molecule has 5 nitrogen and oxygen atoms in total. The smallest absolute Gasteiger partial charge is 0.338 e. The fourth-order valence-corrected chi connectivity index (χ4v) is 2.14. The largest absolute Gasteiger partial charge is 0.457 e. The van der Waals surface area contributed by atoms with Gasteiger partial charge in [0.15, 0.2) is 0 Å². The highest BCUT2D eigenvalue weighted by Gasteiger charge is 2.17. The van der Waals surface area contributed by atoms with Gasteiger partial charge >= 0.3 is 5.97 Å². The van der Waals surface area contributed by atoms with Gasteiger partial charge in [0.1, 0.15) is 12.4 Å². The number of nitrogens with zero attached hydrogens (tertiary/aromatic N) is 1. The van der Waals surface area contributed by atoms with Crippen LogP contribution in [-0.4, -0.2) is 10.9 Å². The standard InChI is InChI=1S/C15H11ClFNO4/c1-9-11(5-12(16)7-14(9)18(20)21)8-22-15(19)10-3-2-4-13(17)6-10/h2-7H,8H2,1H3. The Bertz CT molecular complexity index is 748. The molecule has 2 aromatic carbocycles. The van der Waals surface area contributed by atoms with Crippen molar-refractivity contribution < 1.29 is 18.8 Å². The highest BCUT2D eigenvalue weighted by Crippen LogP contribution is 2.27. The summed E-state index contributed by atoms with van der Waals surface area (Å²) in [6.07, 6.45) is 0. The molecule has 2 rings (SSSR count). The number of nitro benzene ring substituents is 1. The lowest BCUT2D eigenvalue weighted by Crippen LogP contribution is -2.07. The van der Waals surface area contributed by atoms with E-state index in [-0.39, 0.29) is 22.9 Å². The van der Waals surface area contributed by atoms with E-state index in [0.717, 1.165) is 6.07 Å². The van der Waals surface area contributed by atoms with Crippen LogP contribution in [-0.2, 0) is 11.3 Å². The molecule has 2 aromatic rings. The van der Waals surface area contributed by atoms with E-state index < -0.39 is 16.7 Å². The molecule has 0 N–H and O–H groups in total. The normalized spacial score (nSPS) is 10.3. The molecule has 0 unspecified atom stereocenters. The summed E-state index contributed by atoms with van der Waals surface area (Å²) in [6.45, 7) is 1.35. The fourth-order valence-electron chi connectivity index (χ4n) is 1.90. The van der Waals surface area contributed by atoms with Crippen molar-refractivity contribution in [3.05, 3.63) is 74.0 Å². The maximum absolute atomic E-state index is 13.0. The molecule has 0 aliphatic rings. The maximum Gasteiger partial charge on any atom is 0.338 e. The molecule has 0 aliphatic carbocycles. The average molecular weight is 324 g/mol. The Labute approximate surface area is 130 Å². The third kappa shape index (κ3) is 3.59. The van der Waals surface area contributed by atoms with Gasteiger partial charge in [0.25, 0.3) is 5.69 Å². The first-order valence-corrected chi connectivity index (χ1v) is 6.62. The highest BCUT2D eigenvalue weighted by atomic mass is 35.5. The number of nitro groups is 1. The zero-order valence-corrected chi connectivity index (χ0v) is 12.3. The van der Waals surface area contributed by atoms with E-state index in [1.54, 1.807) is 6.92 Å². The second kappa shape index (κ2) is 6.53. The van der Waals surface area contributed by atoms with Gasteiger partial charge in [0, 0.05) is 22.2 Å². The van der Waals surface area contributed by atoms with Gasteiger partial charge in [-0.1, -0.05) is 17.7 Å². The Morgan fingerprint density at radius 2 is 2.09 bits per heavy atom. The molecular formula is C15H11ClFNO4. The van der Waals surface area contributed by atoms with Crippen molar-refractivity contribution in [1.82, 2.24) is 0 Å². The van der Waals surface area contributed by atoms with Crippen LogP contribution in [0.3, 0.4) is 0 Å². The lowest BCUT2D eigenvalue weighted by atomic mass is 10.1. The van der Waals surface area contributed by atoms with Gasteiger partial charge in [-0.05, 0) is 31.2 Å². The number of hydrogen-bond acceptors (Lipinski definition) is 4. The van der Waals surface area contributed by atoms with E-state index in [1.807, 2.05) is 0 Å². The van der Waals surface area contributed by atoms with Crippen LogP contribution < -0.4 is 0 Å². The first-order chi connectivity index (χ1) is 10.4. The molecule has 0 radical (unpaired) electrons. The van der Waals surface area contributed by atoms with Gasteiger partial charge in [-0.15, -0.1) is 0 Å². The van der Waals surface area contributed by atoms with Gasteiger partial charge in [0.2, 0.25) is 0 Å². The summed E-state index contributed by atoms with van der Waals surface area (Å²) in [4.78, 5) is 22.2. The molecular weight excluding hydrogens is 313 g/mol. The highest BCUT2D eigenvalue weighted by molar-refractivity contribution is 6.30. The summed E-state index contributed by atoms with van der Waals surface area (Å²) in [5, 5.41) is 11.1. The van der Waals surface area contributed by atoms with E-state index in [4.69, 9.17) is 16.3 Å². The minimum atomic E-state index is -0.721. The summed E-state index contributed by atoms with van der Waals surface area (Å²) >= 11 is 5.82. The summed E-state index contributed by atoms with van der Waals surface area (Å²) in [5.41, 5.74) is 0.698. The topological polar surface area (TPSA) is 69.4 Å². The van der Waals surface area contributed by atoms with E-state index in [1.165, 1.54) is 30.3 Å². The Hall–Kier alpha value is -2.47. The second-order valence-electron chi connectivity index (χ2n) is 4.55. The van der Waals surface area contributed by atoms with Crippen molar-refractivity contribution in [2.24, 2.45) is 0 Å². The zero-order valence-electron chi connectivity index (χ0n) is 11.5. The van der Waals surface area contributed by atoms with E-state index in [9.17, 15) is 19.3 Å². The second-order valence-corrected chi connectivity index (χ2v) is 4.99. The molecule has 0 aliphatic heterocycles. The van der Waals surface area contributed by atoms with Crippen molar-refractivity contribution in [3.63, 3.8) is 0 Å². The molecule has 0 amide bonds. The Morgan fingerprint density at radius 3 is 2.73 bits per heavy atom. The summed E-state index contributed by atoms with van der Waals surface area (Å²) in [7, 11) is 0. The lowest BCUT2D eigenvalue weighted by Gasteiger charge is -2.09. The Balaban J connectivity index is 2.18. The Kier molecular flexibility index (Phi) is 4.72. The van der Waals surface area contributed by atoms with Crippen LogP contribution in [0.2, 0.25) is 5.02 Å². The molecule has 114 valence electrons. The predicted octanol–water partition coefficient (Wildman–Crippen LogP) is 4.05. The van der Waals surface area contributed by atoms with Gasteiger partial charge in [-0.3, -0.25) is 10.1 Å². The molecule has 0 saturated heterocycles. The first-order valence-electron chi connectivity index (χ1n) is 6.24. The molecule has 0 aromatic heterocycles. The van der Waals surface area contributed by atoms with Crippen LogP contribution in [0, 0.1) is 22.9 Å². The SMILES string of the molecule is Cc1c(COC(=O)c2cccc(F)c2)cc(Cl)cc1[N+](=O)[O-]. The number of hydrogen-bond donors (Lipinski definition) is 0. The quantitative estimate of drug-likeness (QED) is 0.483. The number of rotatable bonds is 4. The predicted molar refractivity (Wildman–Crippen MR) is 78.4 cm³/mol. The molecule has 22 heavy (non-hydrogen) atoms. The van der Waals surface area contributed by atoms with Crippen molar-refractivity contribution >= 4 is 23.3 Å². The number of halogens is 2. The third-order valence-corrected chi connectivity index (χ3v) is 3.29.